The first kappa shape index (κ1) is 14.0. The van der Waals surface area contributed by atoms with E-state index in [9.17, 15) is 14.7 Å². The topological polar surface area (TPSA) is 86.6 Å². The van der Waals surface area contributed by atoms with Crippen molar-refractivity contribution in [3.05, 3.63) is 29.3 Å². The van der Waals surface area contributed by atoms with E-state index in [0.717, 1.165) is 12.8 Å². The summed E-state index contributed by atoms with van der Waals surface area (Å²) in [6.45, 7) is 2.10. The van der Waals surface area contributed by atoms with Gasteiger partial charge >= 0.3 is 5.97 Å². The Morgan fingerprint density at radius 3 is 2.67 bits per heavy atom. The molecule has 98 valence electrons. The summed E-state index contributed by atoms with van der Waals surface area (Å²) in [6.07, 6.45) is 2.16. The third-order valence-corrected chi connectivity index (χ3v) is 2.58. The summed E-state index contributed by atoms with van der Waals surface area (Å²) >= 11 is 0. The molecule has 1 aromatic rings. The molecule has 5 heteroatoms. The molecule has 3 N–H and O–H groups in total. The quantitative estimate of drug-likeness (QED) is 0.720. The zero-order valence-corrected chi connectivity index (χ0v) is 10.3. The van der Waals surface area contributed by atoms with Gasteiger partial charge < -0.3 is 15.5 Å². The summed E-state index contributed by atoms with van der Waals surface area (Å²) in [5.41, 5.74) is 0.237. The van der Waals surface area contributed by atoms with Crippen LogP contribution in [0.1, 0.15) is 42.1 Å². The standard InChI is InChI=1S/C13H17NO4/c1-2-3-7-11(16)14-8-9-5-4-6-10(15)12(9)13(17)18/h4-6,15H,2-3,7-8H2,1H3,(H,14,16)(H,17,18). The number of phenols is 1. The van der Waals surface area contributed by atoms with Crippen molar-refractivity contribution in [2.24, 2.45) is 0 Å². The number of aromatic hydroxyl groups is 1. The van der Waals surface area contributed by atoms with Crippen LogP contribution in [0, 0.1) is 0 Å². The fourth-order valence-electron chi connectivity index (χ4n) is 1.60. The van der Waals surface area contributed by atoms with Crippen LogP contribution in [-0.2, 0) is 11.3 Å². The number of nitrogens with one attached hydrogen (secondary N) is 1. The van der Waals surface area contributed by atoms with Gasteiger partial charge in [0, 0.05) is 13.0 Å². The van der Waals surface area contributed by atoms with Crippen LogP contribution in [-0.4, -0.2) is 22.1 Å². The highest BCUT2D eigenvalue weighted by atomic mass is 16.4. The first-order valence-corrected chi connectivity index (χ1v) is 5.87. The molecule has 0 aliphatic carbocycles. The second-order valence-corrected chi connectivity index (χ2v) is 4.00. The van der Waals surface area contributed by atoms with Crippen LogP contribution < -0.4 is 5.32 Å². The minimum Gasteiger partial charge on any atom is -0.507 e. The molecule has 0 aliphatic heterocycles. The number of aromatic carboxylic acids is 1. The molecule has 0 heterocycles. The van der Waals surface area contributed by atoms with Gasteiger partial charge in [-0.25, -0.2) is 4.79 Å². The first-order valence-electron chi connectivity index (χ1n) is 5.87. The van der Waals surface area contributed by atoms with Gasteiger partial charge in [-0.15, -0.1) is 0 Å². The summed E-state index contributed by atoms with van der Waals surface area (Å²) in [5, 5.41) is 21.1. The molecule has 1 rings (SSSR count). The van der Waals surface area contributed by atoms with Crippen LogP contribution in [0.4, 0.5) is 0 Å². The van der Waals surface area contributed by atoms with E-state index in [1.807, 2.05) is 6.92 Å². The average molecular weight is 251 g/mol. The van der Waals surface area contributed by atoms with E-state index >= 15 is 0 Å². The van der Waals surface area contributed by atoms with E-state index in [1.165, 1.54) is 6.07 Å². The number of unbranched alkanes of at least 4 members (excludes halogenated alkanes) is 1. The lowest BCUT2D eigenvalue weighted by Gasteiger charge is -2.09. The van der Waals surface area contributed by atoms with Gasteiger partial charge in [0.05, 0.1) is 0 Å². The van der Waals surface area contributed by atoms with Crippen molar-refractivity contribution >= 4 is 11.9 Å². The maximum atomic E-state index is 11.4. The predicted octanol–water partition coefficient (Wildman–Crippen LogP) is 1.90. The van der Waals surface area contributed by atoms with Crippen molar-refractivity contribution in [2.45, 2.75) is 32.7 Å². The molecule has 0 fully saturated rings. The van der Waals surface area contributed by atoms with Crippen LogP contribution in [0.2, 0.25) is 0 Å². The van der Waals surface area contributed by atoms with Crippen molar-refractivity contribution in [3.63, 3.8) is 0 Å². The van der Waals surface area contributed by atoms with Gasteiger partial charge in [0.2, 0.25) is 5.91 Å². The summed E-state index contributed by atoms with van der Waals surface area (Å²) in [7, 11) is 0. The molecular weight excluding hydrogens is 234 g/mol. The van der Waals surface area contributed by atoms with Gasteiger partial charge in [0.15, 0.2) is 0 Å². The number of carboxylic acid groups (broad SMARTS) is 1. The number of carbonyl (C=O) groups excluding carboxylic acids is 1. The number of hydrogen-bond donors (Lipinski definition) is 3. The molecule has 0 radical (unpaired) electrons. The second-order valence-electron chi connectivity index (χ2n) is 4.00. The lowest BCUT2D eigenvalue weighted by atomic mass is 10.1. The molecule has 0 aromatic heterocycles. The highest BCUT2D eigenvalue weighted by Crippen LogP contribution is 2.20. The largest absolute Gasteiger partial charge is 0.507 e. The Balaban J connectivity index is 2.70. The fraction of sp³-hybridized carbons (Fsp3) is 0.385. The molecule has 0 saturated carbocycles. The molecule has 1 aromatic carbocycles. The van der Waals surface area contributed by atoms with Crippen LogP contribution in [0.5, 0.6) is 5.75 Å². The van der Waals surface area contributed by atoms with Crippen molar-refractivity contribution in [1.29, 1.82) is 0 Å². The second kappa shape index (κ2) is 6.64. The normalized spacial score (nSPS) is 10.1. The Bertz CT molecular complexity index is 443. The van der Waals surface area contributed by atoms with Gasteiger partial charge in [-0.3, -0.25) is 4.79 Å². The van der Waals surface area contributed by atoms with Gasteiger partial charge in [0.1, 0.15) is 11.3 Å². The molecule has 0 atom stereocenters. The lowest BCUT2D eigenvalue weighted by molar-refractivity contribution is -0.121. The van der Waals surface area contributed by atoms with Crippen LogP contribution in [0.3, 0.4) is 0 Å². The molecule has 1 amide bonds. The highest BCUT2D eigenvalue weighted by molar-refractivity contribution is 5.92. The maximum Gasteiger partial charge on any atom is 0.339 e. The Hall–Kier alpha value is -2.04. The van der Waals surface area contributed by atoms with E-state index in [0.29, 0.717) is 12.0 Å². The third kappa shape index (κ3) is 3.76. The third-order valence-electron chi connectivity index (χ3n) is 2.58. The lowest BCUT2D eigenvalue weighted by Crippen LogP contribution is -2.23. The number of carboxylic acids is 1. The molecule has 0 spiro atoms. The zero-order valence-electron chi connectivity index (χ0n) is 10.3. The smallest absolute Gasteiger partial charge is 0.339 e. The van der Waals surface area contributed by atoms with E-state index < -0.39 is 5.97 Å². The Labute approximate surface area is 105 Å². The van der Waals surface area contributed by atoms with E-state index in [4.69, 9.17) is 5.11 Å². The maximum absolute atomic E-state index is 11.4. The molecule has 0 aliphatic rings. The first-order chi connectivity index (χ1) is 8.56. The molecular formula is C13H17NO4. The number of benzene rings is 1. The molecule has 0 saturated heterocycles. The predicted molar refractivity (Wildman–Crippen MR) is 66.4 cm³/mol. The van der Waals surface area contributed by atoms with Crippen LogP contribution in [0.15, 0.2) is 18.2 Å². The van der Waals surface area contributed by atoms with Crippen molar-refractivity contribution in [3.8, 4) is 5.75 Å². The van der Waals surface area contributed by atoms with E-state index in [-0.39, 0.29) is 23.8 Å². The van der Waals surface area contributed by atoms with Gasteiger partial charge in [-0.1, -0.05) is 25.5 Å². The number of rotatable bonds is 6. The molecule has 5 nitrogen and oxygen atoms in total. The van der Waals surface area contributed by atoms with Crippen molar-refractivity contribution < 1.29 is 19.8 Å². The summed E-state index contributed by atoms with van der Waals surface area (Å²) in [5.74, 6) is -1.61. The Morgan fingerprint density at radius 1 is 1.33 bits per heavy atom. The molecule has 18 heavy (non-hydrogen) atoms. The average Bonchev–Trinajstić information content (AvgIpc) is 2.33. The number of hydrogen-bond acceptors (Lipinski definition) is 3. The molecule has 0 bridgehead atoms. The summed E-state index contributed by atoms with van der Waals surface area (Å²) in [6, 6.07) is 4.43. The van der Waals surface area contributed by atoms with Crippen LogP contribution >= 0.6 is 0 Å². The SMILES string of the molecule is CCCCC(=O)NCc1cccc(O)c1C(=O)O. The minimum atomic E-state index is -1.20. The fourth-order valence-corrected chi connectivity index (χ4v) is 1.60. The van der Waals surface area contributed by atoms with E-state index in [2.05, 4.69) is 5.32 Å². The van der Waals surface area contributed by atoms with E-state index in [1.54, 1.807) is 12.1 Å². The highest BCUT2D eigenvalue weighted by Gasteiger charge is 2.15. The van der Waals surface area contributed by atoms with Crippen molar-refractivity contribution in [1.82, 2.24) is 5.32 Å². The molecule has 0 unspecified atom stereocenters. The monoisotopic (exact) mass is 251 g/mol. The van der Waals surface area contributed by atoms with Gasteiger partial charge in [-0.05, 0) is 18.1 Å². The number of amides is 1. The summed E-state index contributed by atoms with van der Waals surface area (Å²) < 4.78 is 0. The van der Waals surface area contributed by atoms with Gasteiger partial charge in [-0.2, -0.15) is 0 Å². The number of carbonyl (C=O) groups is 2. The Kier molecular flexibility index (Phi) is 5.17. The van der Waals surface area contributed by atoms with Gasteiger partial charge in [0.25, 0.3) is 0 Å². The zero-order chi connectivity index (χ0) is 13.5. The summed E-state index contributed by atoms with van der Waals surface area (Å²) in [4.78, 5) is 22.4. The Morgan fingerprint density at radius 2 is 2.06 bits per heavy atom. The van der Waals surface area contributed by atoms with Crippen LogP contribution in [0.25, 0.3) is 0 Å². The van der Waals surface area contributed by atoms with Crippen molar-refractivity contribution in [2.75, 3.05) is 0 Å². The minimum absolute atomic E-state index is 0.110.